The van der Waals surface area contributed by atoms with E-state index in [1.807, 2.05) is 6.92 Å². The SMILES string of the molecule is C[C@@H](N)c1ccc(N(C)CCN(C)C)c(Br)c1. The maximum absolute atomic E-state index is 5.87. The van der Waals surface area contributed by atoms with Crippen molar-refractivity contribution < 1.29 is 0 Å². The summed E-state index contributed by atoms with van der Waals surface area (Å²) in [5.41, 5.74) is 8.23. The van der Waals surface area contributed by atoms with Crippen LogP contribution in [0.1, 0.15) is 18.5 Å². The quantitative estimate of drug-likeness (QED) is 0.906. The normalized spacial score (nSPS) is 12.9. The van der Waals surface area contributed by atoms with E-state index in [2.05, 4.69) is 65.1 Å². The van der Waals surface area contributed by atoms with Crippen molar-refractivity contribution in [2.24, 2.45) is 5.73 Å². The van der Waals surface area contributed by atoms with Gasteiger partial charge in [-0.15, -0.1) is 0 Å². The smallest absolute Gasteiger partial charge is 0.0508 e. The van der Waals surface area contributed by atoms with Crippen LogP contribution in [0.4, 0.5) is 5.69 Å². The summed E-state index contributed by atoms with van der Waals surface area (Å²) >= 11 is 3.61. The summed E-state index contributed by atoms with van der Waals surface area (Å²) in [5, 5.41) is 0. The second-order valence-corrected chi connectivity index (χ2v) is 5.58. The monoisotopic (exact) mass is 299 g/mol. The average molecular weight is 300 g/mol. The van der Waals surface area contributed by atoms with E-state index in [4.69, 9.17) is 5.73 Å². The van der Waals surface area contributed by atoms with E-state index in [1.54, 1.807) is 0 Å². The van der Waals surface area contributed by atoms with Gasteiger partial charge in [-0.05, 0) is 54.6 Å². The number of benzene rings is 1. The number of hydrogen-bond acceptors (Lipinski definition) is 3. The number of anilines is 1. The second kappa shape index (κ2) is 6.38. The third kappa shape index (κ3) is 4.30. The molecule has 0 aromatic heterocycles. The molecule has 0 saturated carbocycles. The number of hydrogen-bond donors (Lipinski definition) is 1. The van der Waals surface area contributed by atoms with Crippen LogP contribution in [-0.4, -0.2) is 39.1 Å². The van der Waals surface area contributed by atoms with Gasteiger partial charge in [0, 0.05) is 30.7 Å². The van der Waals surface area contributed by atoms with Gasteiger partial charge in [0.05, 0.1) is 5.69 Å². The van der Waals surface area contributed by atoms with E-state index in [-0.39, 0.29) is 6.04 Å². The van der Waals surface area contributed by atoms with Crippen molar-refractivity contribution in [3.05, 3.63) is 28.2 Å². The van der Waals surface area contributed by atoms with Gasteiger partial charge in [0.25, 0.3) is 0 Å². The minimum Gasteiger partial charge on any atom is -0.372 e. The first kappa shape index (κ1) is 14.5. The Morgan fingerprint density at radius 3 is 2.35 bits per heavy atom. The van der Waals surface area contributed by atoms with Crippen LogP contribution in [0.25, 0.3) is 0 Å². The van der Waals surface area contributed by atoms with Crippen molar-refractivity contribution >= 4 is 21.6 Å². The first-order valence-corrected chi connectivity index (χ1v) is 6.62. The maximum Gasteiger partial charge on any atom is 0.0508 e. The molecule has 0 spiro atoms. The highest BCUT2D eigenvalue weighted by Crippen LogP contribution is 2.28. The van der Waals surface area contributed by atoms with E-state index in [0.717, 1.165) is 23.1 Å². The Morgan fingerprint density at radius 2 is 1.88 bits per heavy atom. The molecule has 0 saturated heterocycles. The van der Waals surface area contributed by atoms with Gasteiger partial charge in [-0.1, -0.05) is 6.07 Å². The Labute approximate surface area is 113 Å². The average Bonchev–Trinajstić information content (AvgIpc) is 2.25. The van der Waals surface area contributed by atoms with E-state index >= 15 is 0 Å². The number of nitrogens with two attached hydrogens (primary N) is 1. The molecule has 1 aromatic carbocycles. The number of halogens is 1. The number of likely N-dealkylation sites (N-methyl/N-ethyl adjacent to an activating group) is 2. The third-order valence-corrected chi connectivity index (χ3v) is 3.43. The highest BCUT2D eigenvalue weighted by Gasteiger charge is 2.08. The van der Waals surface area contributed by atoms with Crippen LogP contribution in [0, 0.1) is 0 Å². The highest BCUT2D eigenvalue weighted by atomic mass is 79.9. The lowest BCUT2D eigenvalue weighted by Crippen LogP contribution is -2.28. The van der Waals surface area contributed by atoms with Crippen LogP contribution in [-0.2, 0) is 0 Å². The molecule has 1 aromatic rings. The molecule has 0 aliphatic rings. The maximum atomic E-state index is 5.87. The van der Waals surface area contributed by atoms with Crippen LogP contribution >= 0.6 is 15.9 Å². The molecule has 0 bridgehead atoms. The first-order valence-electron chi connectivity index (χ1n) is 5.82. The lowest BCUT2D eigenvalue weighted by atomic mass is 10.1. The van der Waals surface area contributed by atoms with Gasteiger partial charge in [-0.25, -0.2) is 0 Å². The summed E-state index contributed by atoms with van der Waals surface area (Å²) < 4.78 is 1.11. The standard InChI is InChI=1S/C13H22BrN3/c1-10(15)11-5-6-13(12(14)9-11)17(4)8-7-16(2)3/h5-6,9-10H,7-8,15H2,1-4H3/t10-/m1/s1. The van der Waals surface area contributed by atoms with Crippen LogP contribution < -0.4 is 10.6 Å². The summed E-state index contributed by atoms with van der Waals surface area (Å²) in [4.78, 5) is 4.43. The summed E-state index contributed by atoms with van der Waals surface area (Å²) in [6, 6.07) is 6.40. The van der Waals surface area contributed by atoms with Crippen molar-refractivity contribution in [3.63, 3.8) is 0 Å². The summed E-state index contributed by atoms with van der Waals surface area (Å²) in [5.74, 6) is 0. The topological polar surface area (TPSA) is 32.5 Å². The Kier molecular flexibility index (Phi) is 5.43. The zero-order chi connectivity index (χ0) is 13.0. The van der Waals surface area contributed by atoms with Crippen LogP contribution in [0.2, 0.25) is 0 Å². The zero-order valence-corrected chi connectivity index (χ0v) is 12.7. The molecule has 3 nitrogen and oxygen atoms in total. The van der Waals surface area contributed by atoms with E-state index in [0.29, 0.717) is 0 Å². The Balaban J connectivity index is 2.77. The summed E-state index contributed by atoms with van der Waals surface area (Å²) in [6.07, 6.45) is 0. The van der Waals surface area contributed by atoms with Gasteiger partial charge in [-0.2, -0.15) is 0 Å². The summed E-state index contributed by atoms with van der Waals surface area (Å²) in [7, 11) is 6.28. The zero-order valence-electron chi connectivity index (χ0n) is 11.1. The van der Waals surface area contributed by atoms with Gasteiger partial charge in [0.1, 0.15) is 0 Å². The first-order chi connectivity index (χ1) is 7.91. The fourth-order valence-corrected chi connectivity index (χ4v) is 2.29. The van der Waals surface area contributed by atoms with Gasteiger partial charge in [0.2, 0.25) is 0 Å². The molecule has 0 fully saturated rings. The Bertz CT molecular complexity index is 364. The highest BCUT2D eigenvalue weighted by molar-refractivity contribution is 9.10. The number of nitrogens with zero attached hydrogens (tertiary/aromatic N) is 2. The van der Waals surface area contributed by atoms with Gasteiger partial charge >= 0.3 is 0 Å². The van der Waals surface area contributed by atoms with Crippen molar-refractivity contribution in [2.45, 2.75) is 13.0 Å². The minimum absolute atomic E-state index is 0.0763. The van der Waals surface area contributed by atoms with Crippen LogP contribution in [0.15, 0.2) is 22.7 Å². The van der Waals surface area contributed by atoms with Crippen LogP contribution in [0.5, 0.6) is 0 Å². The molecule has 0 aliphatic heterocycles. The fourth-order valence-electron chi connectivity index (χ4n) is 1.59. The predicted molar refractivity (Wildman–Crippen MR) is 78.6 cm³/mol. The molecule has 0 amide bonds. The molecule has 4 heteroatoms. The minimum atomic E-state index is 0.0763. The molecule has 2 N–H and O–H groups in total. The molecule has 0 radical (unpaired) electrons. The van der Waals surface area contributed by atoms with Gasteiger partial charge in [-0.3, -0.25) is 0 Å². The molecule has 0 heterocycles. The Hall–Kier alpha value is -0.580. The van der Waals surface area contributed by atoms with Crippen molar-refractivity contribution in [3.8, 4) is 0 Å². The molecule has 0 aliphatic carbocycles. The van der Waals surface area contributed by atoms with E-state index < -0.39 is 0 Å². The Morgan fingerprint density at radius 1 is 1.24 bits per heavy atom. The largest absolute Gasteiger partial charge is 0.372 e. The lowest BCUT2D eigenvalue weighted by Gasteiger charge is -2.23. The summed E-state index contributed by atoms with van der Waals surface area (Å²) in [6.45, 7) is 4.04. The van der Waals surface area contributed by atoms with Crippen molar-refractivity contribution in [1.82, 2.24) is 4.90 Å². The third-order valence-electron chi connectivity index (χ3n) is 2.79. The lowest BCUT2D eigenvalue weighted by molar-refractivity contribution is 0.416. The van der Waals surface area contributed by atoms with Crippen LogP contribution in [0.3, 0.4) is 0 Å². The molecule has 0 unspecified atom stereocenters. The second-order valence-electron chi connectivity index (χ2n) is 4.72. The molecular weight excluding hydrogens is 278 g/mol. The van der Waals surface area contributed by atoms with Crippen molar-refractivity contribution in [2.75, 3.05) is 39.1 Å². The fraction of sp³-hybridized carbons (Fsp3) is 0.538. The van der Waals surface area contributed by atoms with Crippen molar-refractivity contribution in [1.29, 1.82) is 0 Å². The van der Waals surface area contributed by atoms with Gasteiger partial charge < -0.3 is 15.5 Å². The van der Waals surface area contributed by atoms with E-state index in [1.165, 1.54) is 5.69 Å². The molecule has 1 atom stereocenters. The number of rotatable bonds is 5. The molecular formula is C13H22BrN3. The molecule has 96 valence electrons. The predicted octanol–water partition coefficient (Wildman–Crippen LogP) is 2.47. The van der Waals surface area contributed by atoms with Gasteiger partial charge in [0.15, 0.2) is 0 Å². The molecule has 17 heavy (non-hydrogen) atoms. The van der Waals surface area contributed by atoms with E-state index in [9.17, 15) is 0 Å². The molecule has 1 rings (SSSR count).